The summed E-state index contributed by atoms with van der Waals surface area (Å²) in [5.41, 5.74) is 0. The van der Waals surface area contributed by atoms with E-state index in [0.717, 1.165) is 31.5 Å². The molecule has 0 aromatic rings. The van der Waals surface area contributed by atoms with Gasteiger partial charge in [0.2, 0.25) is 0 Å². The van der Waals surface area contributed by atoms with Crippen LogP contribution >= 0.6 is 0 Å². The van der Waals surface area contributed by atoms with Crippen LogP contribution in [0, 0.1) is 11.8 Å². The van der Waals surface area contributed by atoms with Crippen molar-refractivity contribution >= 4 is 0 Å². The lowest BCUT2D eigenvalue weighted by Gasteiger charge is -2.11. The van der Waals surface area contributed by atoms with Crippen LogP contribution in [0.2, 0.25) is 0 Å². The Balaban J connectivity index is 1.73. The van der Waals surface area contributed by atoms with E-state index in [9.17, 15) is 0 Å². The number of ether oxygens (including phenoxy) is 3. The van der Waals surface area contributed by atoms with Gasteiger partial charge in [0, 0.05) is 13.7 Å². The predicted molar refractivity (Wildman–Crippen MR) is 72.9 cm³/mol. The molecule has 1 saturated carbocycles. The standard InChI is InChI=1S/C14H29NO3/c1-13-3-4-14(11-13)12-15-5-6-17-9-10-18-8-7-16-2/h13-15H,3-12H2,1-2H3. The van der Waals surface area contributed by atoms with E-state index in [1.54, 1.807) is 7.11 Å². The van der Waals surface area contributed by atoms with Gasteiger partial charge in [0.05, 0.1) is 33.0 Å². The molecule has 0 aromatic heterocycles. The van der Waals surface area contributed by atoms with Crippen LogP contribution in [-0.2, 0) is 14.2 Å². The molecule has 0 bridgehead atoms. The van der Waals surface area contributed by atoms with E-state index in [1.807, 2.05) is 0 Å². The Morgan fingerprint density at radius 1 is 1.00 bits per heavy atom. The average Bonchev–Trinajstić information content (AvgIpc) is 2.77. The quantitative estimate of drug-likeness (QED) is 0.573. The third-order valence-corrected chi connectivity index (χ3v) is 3.46. The number of hydrogen-bond donors (Lipinski definition) is 1. The zero-order valence-electron chi connectivity index (χ0n) is 12.0. The van der Waals surface area contributed by atoms with Gasteiger partial charge < -0.3 is 19.5 Å². The summed E-state index contributed by atoms with van der Waals surface area (Å²) < 4.78 is 15.7. The van der Waals surface area contributed by atoms with E-state index >= 15 is 0 Å². The van der Waals surface area contributed by atoms with Crippen LogP contribution in [0.3, 0.4) is 0 Å². The molecule has 0 saturated heterocycles. The van der Waals surface area contributed by atoms with E-state index in [-0.39, 0.29) is 0 Å². The van der Waals surface area contributed by atoms with Gasteiger partial charge in [-0.1, -0.05) is 13.3 Å². The molecule has 0 aliphatic heterocycles. The minimum Gasteiger partial charge on any atom is -0.382 e. The Morgan fingerprint density at radius 3 is 2.39 bits per heavy atom. The van der Waals surface area contributed by atoms with Gasteiger partial charge in [-0.05, 0) is 31.2 Å². The molecule has 4 nitrogen and oxygen atoms in total. The molecule has 108 valence electrons. The molecule has 0 amide bonds. The monoisotopic (exact) mass is 259 g/mol. The Hall–Kier alpha value is -0.160. The minimum atomic E-state index is 0.651. The number of methoxy groups -OCH3 is 1. The Kier molecular flexibility index (Phi) is 9.48. The van der Waals surface area contributed by atoms with Crippen molar-refractivity contribution in [1.82, 2.24) is 5.32 Å². The van der Waals surface area contributed by atoms with E-state index in [1.165, 1.54) is 19.3 Å². The fraction of sp³-hybridized carbons (Fsp3) is 1.00. The molecule has 0 aromatic carbocycles. The van der Waals surface area contributed by atoms with Gasteiger partial charge in [0.25, 0.3) is 0 Å². The van der Waals surface area contributed by atoms with Gasteiger partial charge in [-0.25, -0.2) is 0 Å². The van der Waals surface area contributed by atoms with Gasteiger partial charge in [0.1, 0.15) is 0 Å². The Bertz CT molecular complexity index is 190. The van der Waals surface area contributed by atoms with Crippen LogP contribution in [0.15, 0.2) is 0 Å². The molecule has 0 spiro atoms. The highest BCUT2D eigenvalue weighted by atomic mass is 16.5. The summed E-state index contributed by atoms with van der Waals surface area (Å²) >= 11 is 0. The summed E-state index contributed by atoms with van der Waals surface area (Å²) in [7, 11) is 1.68. The van der Waals surface area contributed by atoms with E-state index in [0.29, 0.717) is 26.4 Å². The molecular formula is C14H29NO3. The molecule has 1 aliphatic carbocycles. The average molecular weight is 259 g/mol. The zero-order chi connectivity index (χ0) is 13.1. The second-order valence-electron chi connectivity index (χ2n) is 5.21. The number of rotatable bonds is 11. The summed E-state index contributed by atoms with van der Waals surface area (Å²) in [6.45, 7) is 7.86. The van der Waals surface area contributed by atoms with Crippen molar-refractivity contribution in [2.24, 2.45) is 11.8 Å². The van der Waals surface area contributed by atoms with Crippen LogP contribution < -0.4 is 5.32 Å². The summed E-state index contributed by atoms with van der Waals surface area (Å²) in [5, 5.41) is 3.47. The molecule has 0 radical (unpaired) electrons. The minimum absolute atomic E-state index is 0.651. The van der Waals surface area contributed by atoms with Crippen LogP contribution in [0.4, 0.5) is 0 Å². The molecule has 1 fully saturated rings. The lowest BCUT2D eigenvalue weighted by atomic mass is 10.1. The smallest absolute Gasteiger partial charge is 0.0701 e. The van der Waals surface area contributed by atoms with Gasteiger partial charge in [-0.2, -0.15) is 0 Å². The van der Waals surface area contributed by atoms with E-state index in [2.05, 4.69) is 12.2 Å². The summed E-state index contributed by atoms with van der Waals surface area (Å²) in [4.78, 5) is 0. The van der Waals surface area contributed by atoms with Crippen molar-refractivity contribution in [2.75, 3.05) is 53.2 Å². The second kappa shape index (κ2) is 10.7. The highest BCUT2D eigenvalue weighted by Gasteiger charge is 2.20. The molecule has 2 unspecified atom stereocenters. The van der Waals surface area contributed by atoms with Crippen LogP contribution in [0.1, 0.15) is 26.2 Å². The van der Waals surface area contributed by atoms with Crippen molar-refractivity contribution in [1.29, 1.82) is 0 Å². The van der Waals surface area contributed by atoms with E-state index in [4.69, 9.17) is 14.2 Å². The van der Waals surface area contributed by atoms with Crippen LogP contribution in [-0.4, -0.2) is 53.2 Å². The first-order valence-electron chi connectivity index (χ1n) is 7.18. The maximum atomic E-state index is 5.47. The van der Waals surface area contributed by atoms with Gasteiger partial charge >= 0.3 is 0 Å². The summed E-state index contributed by atoms with van der Waals surface area (Å²) in [6.07, 6.45) is 4.19. The SMILES string of the molecule is COCCOCCOCCNCC1CCC(C)C1. The lowest BCUT2D eigenvalue weighted by molar-refractivity contribution is 0.0255. The largest absolute Gasteiger partial charge is 0.382 e. The third kappa shape index (κ3) is 8.03. The second-order valence-corrected chi connectivity index (χ2v) is 5.21. The van der Waals surface area contributed by atoms with Crippen molar-refractivity contribution in [3.63, 3.8) is 0 Å². The van der Waals surface area contributed by atoms with E-state index < -0.39 is 0 Å². The third-order valence-electron chi connectivity index (χ3n) is 3.46. The number of hydrogen-bond acceptors (Lipinski definition) is 4. The highest BCUT2D eigenvalue weighted by Crippen LogP contribution is 2.29. The maximum Gasteiger partial charge on any atom is 0.0701 e. The maximum absolute atomic E-state index is 5.47. The van der Waals surface area contributed by atoms with Crippen molar-refractivity contribution in [3.05, 3.63) is 0 Å². The molecule has 2 atom stereocenters. The molecule has 0 heterocycles. The zero-order valence-corrected chi connectivity index (χ0v) is 12.0. The first kappa shape index (κ1) is 15.9. The number of nitrogens with one attached hydrogen (secondary N) is 1. The summed E-state index contributed by atoms with van der Waals surface area (Å²) in [6, 6.07) is 0. The molecule has 4 heteroatoms. The lowest BCUT2D eigenvalue weighted by Crippen LogP contribution is -2.25. The normalized spacial score (nSPS) is 23.7. The molecule has 1 N–H and O–H groups in total. The summed E-state index contributed by atoms with van der Waals surface area (Å²) in [5.74, 6) is 1.81. The first-order valence-corrected chi connectivity index (χ1v) is 7.18. The molecule has 18 heavy (non-hydrogen) atoms. The molecule has 1 rings (SSSR count). The van der Waals surface area contributed by atoms with Crippen LogP contribution in [0.25, 0.3) is 0 Å². The predicted octanol–water partition coefficient (Wildman–Crippen LogP) is 1.69. The fourth-order valence-corrected chi connectivity index (χ4v) is 2.43. The van der Waals surface area contributed by atoms with Gasteiger partial charge in [0.15, 0.2) is 0 Å². The van der Waals surface area contributed by atoms with Gasteiger partial charge in [-0.15, -0.1) is 0 Å². The van der Waals surface area contributed by atoms with Crippen molar-refractivity contribution in [3.8, 4) is 0 Å². The molecule has 1 aliphatic rings. The van der Waals surface area contributed by atoms with Crippen molar-refractivity contribution in [2.45, 2.75) is 26.2 Å². The highest BCUT2D eigenvalue weighted by molar-refractivity contribution is 4.74. The first-order chi connectivity index (χ1) is 8.83. The fourth-order valence-electron chi connectivity index (χ4n) is 2.43. The Labute approximate surface area is 111 Å². The van der Waals surface area contributed by atoms with Gasteiger partial charge in [-0.3, -0.25) is 0 Å². The molecular weight excluding hydrogens is 230 g/mol. The van der Waals surface area contributed by atoms with Crippen molar-refractivity contribution < 1.29 is 14.2 Å². The van der Waals surface area contributed by atoms with Crippen LogP contribution in [0.5, 0.6) is 0 Å². The topological polar surface area (TPSA) is 39.7 Å². The Morgan fingerprint density at radius 2 is 1.72 bits per heavy atom.